The third-order valence-electron chi connectivity index (χ3n) is 5.90. The first-order valence-electron chi connectivity index (χ1n) is 10.8. The summed E-state index contributed by atoms with van der Waals surface area (Å²) in [6.07, 6.45) is 1.46. The zero-order valence-corrected chi connectivity index (χ0v) is 20.2. The molecular formula is C23H33N5O3S. The van der Waals surface area contributed by atoms with Gasteiger partial charge in [-0.2, -0.15) is 5.90 Å². The number of rotatable bonds is 7. The van der Waals surface area contributed by atoms with Gasteiger partial charge in [-0.3, -0.25) is 9.59 Å². The second-order valence-corrected chi connectivity index (χ2v) is 10.1. The topological polar surface area (TPSA) is 110 Å². The van der Waals surface area contributed by atoms with Crippen molar-refractivity contribution in [2.45, 2.75) is 59.2 Å². The monoisotopic (exact) mass is 459 g/mol. The van der Waals surface area contributed by atoms with E-state index in [0.717, 1.165) is 28.1 Å². The van der Waals surface area contributed by atoms with Gasteiger partial charge in [-0.15, -0.1) is 11.3 Å². The number of thiazole rings is 1. The van der Waals surface area contributed by atoms with Crippen molar-refractivity contribution in [3.63, 3.8) is 0 Å². The number of carbonyl (C=O) groups is 2. The lowest BCUT2D eigenvalue weighted by molar-refractivity contribution is -0.142. The second-order valence-electron chi connectivity index (χ2n) is 9.20. The summed E-state index contributed by atoms with van der Waals surface area (Å²) >= 11 is 1.55. The number of hydrogen-bond acceptors (Lipinski definition) is 7. The normalized spacial score (nSPS) is 17.3. The fourth-order valence-electron chi connectivity index (χ4n) is 4.23. The average molecular weight is 460 g/mol. The number of likely N-dealkylation sites (tertiary alicyclic amines) is 1. The molecule has 1 fully saturated rings. The number of hydrogen-bond donors (Lipinski definition) is 3. The Morgan fingerprint density at radius 3 is 2.72 bits per heavy atom. The van der Waals surface area contributed by atoms with E-state index < -0.39 is 6.04 Å². The van der Waals surface area contributed by atoms with Crippen molar-refractivity contribution in [1.29, 1.82) is 0 Å². The summed E-state index contributed by atoms with van der Waals surface area (Å²) < 4.78 is 0. The number of nitrogens with two attached hydrogens (primary N) is 1. The first kappa shape index (κ1) is 24.2. The van der Waals surface area contributed by atoms with Crippen LogP contribution in [0.5, 0.6) is 5.75 Å². The highest BCUT2D eigenvalue weighted by Gasteiger charge is 2.40. The van der Waals surface area contributed by atoms with E-state index in [9.17, 15) is 9.59 Å². The smallest absolute Gasteiger partial charge is 0.243 e. The fourth-order valence-corrected chi connectivity index (χ4v) is 5.03. The first-order valence-corrected chi connectivity index (χ1v) is 11.7. The molecule has 9 heteroatoms. The summed E-state index contributed by atoms with van der Waals surface area (Å²) in [6.45, 7) is 8.86. The van der Waals surface area contributed by atoms with Crippen LogP contribution in [0, 0.1) is 12.3 Å². The van der Waals surface area contributed by atoms with Crippen molar-refractivity contribution >= 4 is 23.2 Å². The van der Waals surface area contributed by atoms with Crippen LogP contribution in [-0.2, 0) is 16.1 Å². The Morgan fingerprint density at radius 2 is 2.12 bits per heavy atom. The van der Waals surface area contributed by atoms with Gasteiger partial charge < -0.3 is 20.4 Å². The molecule has 3 rings (SSSR count). The Balaban J connectivity index is 1.69. The summed E-state index contributed by atoms with van der Waals surface area (Å²) in [5.74, 6) is 5.81. The van der Waals surface area contributed by atoms with Crippen LogP contribution in [0.25, 0.3) is 10.4 Å². The van der Waals surface area contributed by atoms with E-state index in [1.807, 2.05) is 45.9 Å². The highest BCUT2D eigenvalue weighted by Crippen LogP contribution is 2.32. The van der Waals surface area contributed by atoms with Crippen molar-refractivity contribution in [3.8, 4) is 16.2 Å². The predicted molar refractivity (Wildman–Crippen MR) is 126 cm³/mol. The molecule has 0 bridgehead atoms. The lowest BCUT2D eigenvalue weighted by Crippen LogP contribution is -2.55. The molecule has 0 spiro atoms. The Labute approximate surface area is 193 Å². The standard InChI is InChI=1S/C23H33N5O3S/c1-14-19(32-13-27-14)15-8-9-16(18(11-15)31-24)12-26-21(29)17-7-6-10-28(17)22(30)20(25-5)23(2,3)4/h8-9,11,13,17,20,25H,6-7,10,12,24H2,1-5H3,(H,26,29). The molecule has 0 aliphatic carbocycles. The van der Waals surface area contributed by atoms with Gasteiger partial charge in [-0.05, 0) is 43.9 Å². The average Bonchev–Trinajstić information content (AvgIpc) is 3.40. The third-order valence-corrected chi connectivity index (χ3v) is 6.87. The van der Waals surface area contributed by atoms with Gasteiger partial charge in [0.05, 0.1) is 22.1 Å². The molecule has 1 aromatic heterocycles. The van der Waals surface area contributed by atoms with Gasteiger partial charge in [0, 0.05) is 18.7 Å². The molecule has 8 nitrogen and oxygen atoms in total. The van der Waals surface area contributed by atoms with E-state index in [1.54, 1.807) is 28.8 Å². The first-order chi connectivity index (χ1) is 15.2. The molecule has 174 valence electrons. The molecule has 1 saturated heterocycles. The Kier molecular flexibility index (Phi) is 7.53. The molecule has 0 saturated carbocycles. The van der Waals surface area contributed by atoms with Crippen LogP contribution in [0.2, 0.25) is 0 Å². The molecule has 2 aromatic rings. The second kappa shape index (κ2) is 9.97. The lowest BCUT2D eigenvalue weighted by Gasteiger charge is -2.34. The van der Waals surface area contributed by atoms with Gasteiger partial charge >= 0.3 is 0 Å². The van der Waals surface area contributed by atoms with Crippen molar-refractivity contribution in [2.24, 2.45) is 11.3 Å². The zero-order valence-electron chi connectivity index (χ0n) is 19.4. The van der Waals surface area contributed by atoms with Crippen molar-refractivity contribution in [1.82, 2.24) is 20.5 Å². The Morgan fingerprint density at radius 1 is 1.38 bits per heavy atom. The predicted octanol–water partition coefficient (Wildman–Crippen LogP) is 2.61. The van der Waals surface area contributed by atoms with E-state index in [2.05, 4.69) is 15.6 Å². The van der Waals surface area contributed by atoms with E-state index >= 15 is 0 Å². The number of aryl methyl sites for hydroxylation is 1. The highest BCUT2D eigenvalue weighted by molar-refractivity contribution is 7.13. The molecule has 0 radical (unpaired) electrons. The Bertz CT molecular complexity index is 969. The molecule has 4 N–H and O–H groups in total. The van der Waals surface area contributed by atoms with Crippen molar-refractivity contribution in [3.05, 3.63) is 35.0 Å². The maximum absolute atomic E-state index is 13.1. The molecule has 32 heavy (non-hydrogen) atoms. The number of aromatic nitrogens is 1. The van der Waals surface area contributed by atoms with Crippen LogP contribution >= 0.6 is 11.3 Å². The van der Waals surface area contributed by atoms with Gasteiger partial charge in [0.1, 0.15) is 6.04 Å². The molecular weight excluding hydrogens is 426 g/mol. The largest absolute Gasteiger partial charge is 0.411 e. The van der Waals surface area contributed by atoms with Crippen LogP contribution in [0.4, 0.5) is 0 Å². The summed E-state index contributed by atoms with van der Waals surface area (Å²) in [4.78, 5) is 38.2. The number of likely N-dealkylation sites (N-methyl/N-ethyl adjacent to an activating group) is 1. The highest BCUT2D eigenvalue weighted by atomic mass is 32.1. The SMILES string of the molecule is CNC(C(=O)N1CCCC1C(=O)NCc1ccc(-c2scnc2C)cc1ON)C(C)(C)C. The minimum Gasteiger partial charge on any atom is -0.411 e. The summed E-state index contributed by atoms with van der Waals surface area (Å²) in [6, 6.07) is 4.90. The number of nitrogens with zero attached hydrogens (tertiary/aromatic N) is 2. The maximum atomic E-state index is 13.1. The molecule has 1 aliphatic rings. The molecule has 2 amide bonds. The van der Waals surface area contributed by atoms with Crippen LogP contribution < -0.4 is 21.4 Å². The summed E-state index contributed by atoms with van der Waals surface area (Å²) in [5, 5.41) is 6.08. The van der Waals surface area contributed by atoms with E-state index in [-0.39, 0.29) is 29.8 Å². The van der Waals surface area contributed by atoms with Gasteiger partial charge in [-0.1, -0.05) is 32.9 Å². The van der Waals surface area contributed by atoms with E-state index in [0.29, 0.717) is 18.7 Å². The zero-order chi connectivity index (χ0) is 23.5. The number of carbonyl (C=O) groups excluding carboxylic acids is 2. The van der Waals surface area contributed by atoms with Gasteiger partial charge in [0.2, 0.25) is 11.8 Å². The molecule has 2 unspecified atom stereocenters. The van der Waals surface area contributed by atoms with E-state index in [1.165, 1.54) is 0 Å². The van der Waals surface area contributed by atoms with Gasteiger partial charge in [0.15, 0.2) is 5.75 Å². The van der Waals surface area contributed by atoms with Crippen molar-refractivity contribution < 1.29 is 14.4 Å². The number of nitrogens with one attached hydrogen (secondary N) is 2. The van der Waals surface area contributed by atoms with Crippen LogP contribution in [0.15, 0.2) is 23.7 Å². The van der Waals surface area contributed by atoms with Gasteiger partial charge in [0.25, 0.3) is 0 Å². The quantitative estimate of drug-likeness (QED) is 0.549. The molecule has 1 aliphatic heterocycles. The third kappa shape index (κ3) is 5.11. The molecule has 2 heterocycles. The van der Waals surface area contributed by atoms with Crippen LogP contribution in [0.1, 0.15) is 44.9 Å². The van der Waals surface area contributed by atoms with Crippen molar-refractivity contribution in [2.75, 3.05) is 13.6 Å². The molecule has 2 atom stereocenters. The summed E-state index contributed by atoms with van der Waals surface area (Å²) in [5.41, 5.74) is 4.23. The number of benzene rings is 1. The minimum atomic E-state index is -0.470. The Hall–Kier alpha value is -2.49. The van der Waals surface area contributed by atoms with Crippen LogP contribution in [-0.4, -0.2) is 47.4 Å². The van der Waals surface area contributed by atoms with E-state index in [4.69, 9.17) is 10.7 Å². The van der Waals surface area contributed by atoms with Crippen LogP contribution in [0.3, 0.4) is 0 Å². The lowest BCUT2D eigenvalue weighted by atomic mass is 9.86. The van der Waals surface area contributed by atoms with Gasteiger partial charge in [-0.25, -0.2) is 4.98 Å². The summed E-state index contributed by atoms with van der Waals surface area (Å²) in [7, 11) is 1.78. The maximum Gasteiger partial charge on any atom is 0.243 e. The fraction of sp³-hybridized carbons (Fsp3) is 0.522. The number of amides is 2. The molecule has 1 aromatic carbocycles. The minimum absolute atomic E-state index is 0.0343.